The molecule has 1 aromatic rings. The highest BCUT2D eigenvalue weighted by Gasteiger charge is 2.14. The van der Waals surface area contributed by atoms with Gasteiger partial charge in [-0.05, 0) is 37.8 Å². The normalized spacial score (nSPS) is 18.8. The fourth-order valence-corrected chi connectivity index (χ4v) is 2.50. The van der Waals surface area contributed by atoms with E-state index in [4.69, 9.17) is 5.73 Å². The summed E-state index contributed by atoms with van der Waals surface area (Å²) in [6.45, 7) is 4.34. The van der Waals surface area contributed by atoms with Crippen LogP contribution in [0.2, 0.25) is 0 Å². The highest BCUT2D eigenvalue weighted by molar-refractivity contribution is 5.47. The smallest absolute Gasteiger partial charge is 0.131 e. The molecule has 3 nitrogen and oxygen atoms in total. The lowest BCUT2D eigenvalue weighted by Gasteiger charge is -2.24. The molecule has 1 aromatic heterocycles. The standard InChI is InChI=1S/C14H23N3/c1-12(15)11-13-7-6-8-16-14(13)17-9-4-2-3-5-10-17/h6-8,12H,2-5,9-11,15H2,1H3. The van der Waals surface area contributed by atoms with Crippen molar-refractivity contribution in [3.05, 3.63) is 23.9 Å². The molecule has 1 saturated heterocycles. The first kappa shape index (κ1) is 12.4. The van der Waals surface area contributed by atoms with Gasteiger partial charge in [-0.3, -0.25) is 0 Å². The fraction of sp³-hybridized carbons (Fsp3) is 0.643. The van der Waals surface area contributed by atoms with Crippen molar-refractivity contribution < 1.29 is 0 Å². The second-order valence-electron chi connectivity index (χ2n) is 5.07. The molecular formula is C14H23N3. The SMILES string of the molecule is CC(N)Cc1cccnc1N1CCCCCC1. The number of rotatable bonds is 3. The molecule has 0 spiro atoms. The van der Waals surface area contributed by atoms with E-state index in [-0.39, 0.29) is 6.04 Å². The minimum absolute atomic E-state index is 0.199. The van der Waals surface area contributed by atoms with Crippen molar-refractivity contribution in [2.75, 3.05) is 18.0 Å². The summed E-state index contributed by atoms with van der Waals surface area (Å²) in [5, 5.41) is 0. The van der Waals surface area contributed by atoms with Gasteiger partial charge in [0, 0.05) is 25.3 Å². The third-order valence-corrected chi connectivity index (χ3v) is 3.31. The number of hydrogen-bond donors (Lipinski definition) is 1. The average molecular weight is 233 g/mol. The zero-order valence-corrected chi connectivity index (χ0v) is 10.7. The number of pyridine rings is 1. The van der Waals surface area contributed by atoms with Crippen LogP contribution in [-0.2, 0) is 6.42 Å². The fourth-order valence-electron chi connectivity index (χ4n) is 2.50. The van der Waals surface area contributed by atoms with Crippen molar-refractivity contribution >= 4 is 5.82 Å². The van der Waals surface area contributed by atoms with E-state index in [0.29, 0.717) is 0 Å². The van der Waals surface area contributed by atoms with Crippen LogP contribution in [0.25, 0.3) is 0 Å². The van der Waals surface area contributed by atoms with E-state index in [0.717, 1.165) is 25.3 Å². The number of anilines is 1. The summed E-state index contributed by atoms with van der Waals surface area (Å²) in [4.78, 5) is 7.00. The quantitative estimate of drug-likeness (QED) is 0.871. The minimum Gasteiger partial charge on any atom is -0.356 e. The molecule has 2 rings (SSSR count). The van der Waals surface area contributed by atoms with Crippen molar-refractivity contribution in [2.45, 2.75) is 45.1 Å². The summed E-state index contributed by atoms with van der Waals surface area (Å²) >= 11 is 0. The summed E-state index contributed by atoms with van der Waals surface area (Å²) in [5.74, 6) is 1.16. The lowest BCUT2D eigenvalue weighted by atomic mass is 10.1. The van der Waals surface area contributed by atoms with Crippen LogP contribution < -0.4 is 10.6 Å². The molecule has 2 N–H and O–H groups in total. The Morgan fingerprint density at radius 1 is 1.29 bits per heavy atom. The van der Waals surface area contributed by atoms with Crippen LogP contribution in [0.4, 0.5) is 5.82 Å². The summed E-state index contributed by atoms with van der Waals surface area (Å²) in [5.41, 5.74) is 7.20. The van der Waals surface area contributed by atoms with Crippen LogP contribution >= 0.6 is 0 Å². The Bertz CT molecular complexity index is 341. The Morgan fingerprint density at radius 2 is 2.00 bits per heavy atom. The molecule has 17 heavy (non-hydrogen) atoms. The van der Waals surface area contributed by atoms with Gasteiger partial charge >= 0.3 is 0 Å². The van der Waals surface area contributed by atoms with E-state index in [1.54, 1.807) is 0 Å². The molecular weight excluding hydrogens is 210 g/mol. The van der Waals surface area contributed by atoms with Crippen LogP contribution in [0.1, 0.15) is 38.2 Å². The second kappa shape index (κ2) is 6.01. The van der Waals surface area contributed by atoms with Gasteiger partial charge in [-0.25, -0.2) is 4.98 Å². The van der Waals surface area contributed by atoms with E-state index in [9.17, 15) is 0 Å². The summed E-state index contributed by atoms with van der Waals surface area (Å²) < 4.78 is 0. The maximum absolute atomic E-state index is 5.91. The first-order chi connectivity index (χ1) is 8.27. The second-order valence-corrected chi connectivity index (χ2v) is 5.07. The zero-order valence-electron chi connectivity index (χ0n) is 10.7. The first-order valence-corrected chi connectivity index (χ1v) is 6.72. The number of nitrogens with two attached hydrogens (primary N) is 1. The van der Waals surface area contributed by atoms with Gasteiger partial charge in [0.2, 0.25) is 0 Å². The van der Waals surface area contributed by atoms with Crippen molar-refractivity contribution in [1.82, 2.24) is 4.98 Å². The van der Waals surface area contributed by atoms with Crippen LogP contribution in [0.15, 0.2) is 18.3 Å². The van der Waals surface area contributed by atoms with Gasteiger partial charge in [0.1, 0.15) is 5.82 Å². The maximum Gasteiger partial charge on any atom is 0.131 e. The minimum atomic E-state index is 0.199. The van der Waals surface area contributed by atoms with Gasteiger partial charge in [0.25, 0.3) is 0 Å². The molecule has 3 heteroatoms. The lowest BCUT2D eigenvalue weighted by Crippen LogP contribution is -2.27. The molecule has 0 aromatic carbocycles. The maximum atomic E-state index is 5.91. The number of nitrogens with zero attached hydrogens (tertiary/aromatic N) is 2. The Hall–Kier alpha value is -1.09. The highest BCUT2D eigenvalue weighted by atomic mass is 15.2. The summed E-state index contributed by atoms with van der Waals surface area (Å²) in [7, 11) is 0. The molecule has 0 radical (unpaired) electrons. The molecule has 1 aliphatic heterocycles. The predicted molar refractivity (Wildman–Crippen MR) is 72.3 cm³/mol. The van der Waals surface area contributed by atoms with Gasteiger partial charge < -0.3 is 10.6 Å². The van der Waals surface area contributed by atoms with E-state index in [1.807, 2.05) is 12.3 Å². The first-order valence-electron chi connectivity index (χ1n) is 6.72. The molecule has 94 valence electrons. The van der Waals surface area contributed by atoms with Gasteiger partial charge in [0.05, 0.1) is 0 Å². The summed E-state index contributed by atoms with van der Waals surface area (Å²) in [6, 6.07) is 4.38. The number of hydrogen-bond acceptors (Lipinski definition) is 3. The highest BCUT2D eigenvalue weighted by Crippen LogP contribution is 2.22. The molecule has 1 unspecified atom stereocenters. The van der Waals surface area contributed by atoms with Crippen molar-refractivity contribution in [2.24, 2.45) is 5.73 Å². The number of aromatic nitrogens is 1. The average Bonchev–Trinajstić information content (AvgIpc) is 2.57. The zero-order chi connectivity index (χ0) is 12.1. The molecule has 1 atom stereocenters. The molecule has 2 heterocycles. The summed E-state index contributed by atoms with van der Waals surface area (Å²) in [6.07, 6.45) is 8.09. The molecule has 1 aliphatic rings. The predicted octanol–water partition coefficient (Wildman–Crippen LogP) is 2.35. The Kier molecular flexibility index (Phi) is 4.37. The van der Waals surface area contributed by atoms with Crippen LogP contribution in [0, 0.1) is 0 Å². The Labute approximate surface area is 104 Å². The molecule has 0 aliphatic carbocycles. The van der Waals surface area contributed by atoms with Crippen LogP contribution in [-0.4, -0.2) is 24.1 Å². The van der Waals surface area contributed by atoms with E-state index < -0.39 is 0 Å². The monoisotopic (exact) mass is 233 g/mol. The molecule has 0 amide bonds. The van der Waals surface area contributed by atoms with Crippen LogP contribution in [0.5, 0.6) is 0 Å². The topological polar surface area (TPSA) is 42.1 Å². The van der Waals surface area contributed by atoms with Gasteiger partial charge in [0.15, 0.2) is 0 Å². The Balaban J connectivity index is 2.17. The van der Waals surface area contributed by atoms with Gasteiger partial charge in [-0.15, -0.1) is 0 Å². The third kappa shape index (κ3) is 3.43. The van der Waals surface area contributed by atoms with Crippen molar-refractivity contribution in [3.8, 4) is 0 Å². The molecule has 0 bridgehead atoms. The van der Waals surface area contributed by atoms with E-state index in [1.165, 1.54) is 31.2 Å². The Morgan fingerprint density at radius 3 is 2.65 bits per heavy atom. The third-order valence-electron chi connectivity index (χ3n) is 3.31. The molecule has 0 saturated carbocycles. The van der Waals surface area contributed by atoms with E-state index >= 15 is 0 Å². The molecule has 1 fully saturated rings. The van der Waals surface area contributed by atoms with Gasteiger partial charge in [-0.1, -0.05) is 18.9 Å². The lowest BCUT2D eigenvalue weighted by molar-refractivity contribution is 0.719. The van der Waals surface area contributed by atoms with E-state index in [2.05, 4.69) is 22.9 Å². The van der Waals surface area contributed by atoms with Crippen molar-refractivity contribution in [1.29, 1.82) is 0 Å². The van der Waals surface area contributed by atoms with Crippen molar-refractivity contribution in [3.63, 3.8) is 0 Å². The largest absolute Gasteiger partial charge is 0.356 e. The van der Waals surface area contributed by atoms with Crippen LogP contribution in [0.3, 0.4) is 0 Å². The van der Waals surface area contributed by atoms with Gasteiger partial charge in [-0.2, -0.15) is 0 Å².